The quantitative estimate of drug-likeness (QED) is 0.845. The Morgan fingerprint density at radius 2 is 2.24 bits per heavy atom. The first-order valence-electron chi connectivity index (χ1n) is 4.97. The molecule has 2 aromatic rings. The van der Waals surface area contributed by atoms with Gasteiger partial charge in [0.05, 0.1) is 16.8 Å². The Balaban J connectivity index is 2.28. The van der Waals surface area contributed by atoms with Crippen molar-refractivity contribution in [3.05, 3.63) is 22.8 Å². The summed E-state index contributed by atoms with van der Waals surface area (Å²) in [4.78, 5) is 0. The summed E-state index contributed by atoms with van der Waals surface area (Å²) in [6, 6.07) is 1.86. The summed E-state index contributed by atoms with van der Waals surface area (Å²) in [6.45, 7) is 2.09. The molecule has 1 aliphatic heterocycles. The van der Waals surface area contributed by atoms with Crippen molar-refractivity contribution in [1.29, 1.82) is 0 Å². The van der Waals surface area contributed by atoms with Crippen molar-refractivity contribution < 1.29 is 14.0 Å². The number of nitrogen functional groups attached to an aromatic ring is 1. The minimum atomic E-state index is 0.178. The van der Waals surface area contributed by atoms with Crippen LogP contribution in [0.3, 0.4) is 0 Å². The van der Waals surface area contributed by atoms with Gasteiger partial charge >= 0.3 is 0 Å². The van der Waals surface area contributed by atoms with Gasteiger partial charge in [-0.15, -0.1) is 0 Å². The molecule has 6 heteroatoms. The maximum atomic E-state index is 6.29. The van der Waals surface area contributed by atoms with Crippen molar-refractivity contribution >= 4 is 17.5 Å². The number of rotatable bonds is 1. The number of nitrogens with zero attached hydrogens (tertiary/aromatic N) is 1. The minimum Gasteiger partial charge on any atom is -0.454 e. The summed E-state index contributed by atoms with van der Waals surface area (Å²) in [6.07, 6.45) is 1.53. The van der Waals surface area contributed by atoms with Crippen LogP contribution in [0.15, 0.2) is 16.8 Å². The zero-order valence-electron chi connectivity index (χ0n) is 8.99. The van der Waals surface area contributed by atoms with Gasteiger partial charge in [0.25, 0.3) is 0 Å². The lowest BCUT2D eigenvalue weighted by atomic mass is 10.0. The van der Waals surface area contributed by atoms with Crippen LogP contribution in [-0.2, 0) is 0 Å². The molecular weight excluding hydrogens is 244 g/mol. The highest BCUT2D eigenvalue weighted by Crippen LogP contribution is 2.47. The standard InChI is InChI=1S/C11H9ClN2O3/c1-5-2-7-10(16-4-15-7)9(12)8(5)6-3-14-17-11(6)13/h2-3H,4,13H2,1H3. The van der Waals surface area contributed by atoms with E-state index in [0.717, 1.165) is 11.1 Å². The number of ether oxygens (including phenoxy) is 2. The molecule has 0 bridgehead atoms. The first-order valence-corrected chi connectivity index (χ1v) is 5.35. The van der Waals surface area contributed by atoms with Crippen molar-refractivity contribution in [2.24, 2.45) is 0 Å². The molecule has 1 aliphatic rings. The number of aryl methyl sites for hydroxylation is 1. The second-order valence-electron chi connectivity index (χ2n) is 3.72. The summed E-state index contributed by atoms with van der Waals surface area (Å²) in [5.74, 6) is 1.41. The SMILES string of the molecule is Cc1cc2c(c(Cl)c1-c1cnoc1N)OCO2. The van der Waals surface area contributed by atoms with Gasteiger partial charge in [-0.25, -0.2) is 0 Å². The van der Waals surface area contributed by atoms with E-state index >= 15 is 0 Å². The molecule has 0 aliphatic carbocycles. The molecule has 17 heavy (non-hydrogen) atoms. The first-order chi connectivity index (χ1) is 8.18. The molecule has 88 valence electrons. The molecule has 0 radical (unpaired) electrons. The van der Waals surface area contributed by atoms with E-state index in [1.165, 1.54) is 6.20 Å². The number of hydrogen-bond acceptors (Lipinski definition) is 5. The van der Waals surface area contributed by atoms with Gasteiger partial charge in [-0.05, 0) is 18.6 Å². The number of nitrogens with two attached hydrogens (primary N) is 1. The molecule has 0 saturated carbocycles. The summed E-state index contributed by atoms with van der Waals surface area (Å²) < 4.78 is 15.4. The average Bonchev–Trinajstić information content (AvgIpc) is 2.88. The monoisotopic (exact) mass is 252 g/mol. The van der Waals surface area contributed by atoms with E-state index < -0.39 is 0 Å². The fourth-order valence-electron chi connectivity index (χ4n) is 1.89. The number of hydrogen-bond donors (Lipinski definition) is 1. The molecule has 0 saturated heterocycles. The van der Waals surface area contributed by atoms with Crippen LogP contribution in [0, 0.1) is 6.92 Å². The number of anilines is 1. The van der Waals surface area contributed by atoms with Gasteiger partial charge in [-0.3, -0.25) is 0 Å². The van der Waals surface area contributed by atoms with Crippen molar-refractivity contribution in [3.63, 3.8) is 0 Å². The summed E-state index contributed by atoms with van der Waals surface area (Å²) in [5, 5.41) is 4.11. The van der Waals surface area contributed by atoms with Crippen LogP contribution in [0.2, 0.25) is 5.02 Å². The third kappa shape index (κ3) is 1.43. The van der Waals surface area contributed by atoms with Crippen LogP contribution in [0.4, 0.5) is 5.88 Å². The molecule has 2 N–H and O–H groups in total. The lowest BCUT2D eigenvalue weighted by Crippen LogP contribution is -1.93. The largest absolute Gasteiger partial charge is 0.454 e. The zero-order chi connectivity index (χ0) is 12.0. The maximum absolute atomic E-state index is 6.29. The van der Waals surface area contributed by atoms with E-state index in [2.05, 4.69) is 5.16 Å². The molecule has 0 amide bonds. The number of fused-ring (bicyclic) bond motifs is 1. The smallest absolute Gasteiger partial charge is 0.231 e. The molecular formula is C11H9ClN2O3. The third-order valence-electron chi connectivity index (χ3n) is 2.67. The van der Waals surface area contributed by atoms with E-state index in [4.69, 9.17) is 31.3 Å². The molecule has 2 heterocycles. The van der Waals surface area contributed by atoms with Gasteiger partial charge in [0.1, 0.15) is 0 Å². The highest BCUT2D eigenvalue weighted by molar-refractivity contribution is 6.35. The van der Waals surface area contributed by atoms with Gasteiger partial charge < -0.3 is 19.7 Å². The van der Waals surface area contributed by atoms with Crippen molar-refractivity contribution in [3.8, 4) is 22.6 Å². The van der Waals surface area contributed by atoms with Gasteiger partial charge in [-0.2, -0.15) is 0 Å². The summed E-state index contributed by atoms with van der Waals surface area (Å²) in [7, 11) is 0. The van der Waals surface area contributed by atoms with Gasteiger partial charge in [0.15, 0.2) is 11.5 Å². The molecule has 0 fully saturated rings. The lowest BCUT2D eigenvalue weighted by Gasteiger charge is -2.09. The van der Waals surface area contributed by atoms with E-state index in [-0.39, 0.29) is 12.7 Å². The maximum Gasteiger partial charge on any atom is 0.231 e. The first kappa shape index (κ1) is 10.3. The predicted octanol–water partition coefficient (Wildman–Crippen LogP) is 2.61. The molecule has 1 aromatic heterocycles. The zero-order valence-corrected chi connectivity index (χ0v) is 9.75. The Hall–Kier alpha value is -1.88. The Morgan fingerprint density at radius 1 is 1.41 bits per heavy atom. The fourth-order valence-corrected chi connectivity index (χ4v) is 2.29. The second-order valence-corrected chi connectivity index (χ2v) is 4.10. The Morgan fingerprint density at radius 3 is 2.94 bits per heavy atom. The second kappa shape index (κ2) is 3.56. The number of halogens is 1. The van der Waals surface area contributed by atoms with E-state index in [0.29, 0.717) is 22.1 Å². The Bertz CT molecular complexity index is 595. The number of aromatic nitrogens is 1. The topological polar surface area (TPSA) is 70.5 Å². The Labute approximate surface area is 102 Å². The lowest BCUT2D eigenvalue weighted by molar-refractivity contribution is 0.174. The molecule has 5 nitrogen and oxygen atoms in total. The van der Waals surface area contributed by atoms with Crippen molar-refractivity contribution in [1.82, 2.24) is 5.16 Å². The molecule has 1 aromatic carbocycles. The average molecular weight is 253 g/mol. The molecule has 0 unspecified atom stereocenters. The predicted molar refractivity (Wildman–Crippen MR) is 62.2 cm³/mol. The van der Waals surface area contributed by atoms with Crippen molar-refractivity contribution in [2.45, 2.75) is 6.92 Å². The van der Waals surface area contributed by atoms with Crippen LogP contribution in [0.1, 0.15) is 5.56 Å². The van der Waals surface area contributed by atoms with Crippen LogP contribution < -0.4 is 15.2 Å². The van der Waals surface area contributed by atoms with Crippen LogP contribution >= 0.6 is 11.6 Å². The van der Waals surface area contributed by atoms with Crippen molar-refractivity contribution in [2.75, 3.05) is 12.5 Å². The molecule has 0 atom stereocenters. The summed E-state index contributed by atoms with van der Waals surface area (Å²) in [5.41, 5.74) is 8.04. The van der Waals surface area contributed by atoms with Crippen LogP contribution in [0.5, 0.6) is 11.5 Å². The van der Waals surface area contributed by atoms with E-state index in [1.54, 1.807) is 0 Å². The minimum absolute atomic E-state index is 0.178. The Kier molecular flexibility index (Phi) is 2.16. The number of benzene rings is 1. The normalized spacial score (nSPS) is 13.1. The summed E-state index contributed by atoms with van der Waals surface area (Å²) >= 11 is 6.29. The van der Waals surface area contributed by atoms with E-state index in [1.807, 2.05) is 13.0 Å². The molecule has 3 rings (SSSR count). The van der Waals surface area contributed by atoms with Crippen LogP contribution in [0.25, 0.3) is 11.1 Å². The fraction of sp³-hybridized carbons (Fsp3) is 0.182. The van der Waals surface area contributed by atoms with Gasteiger partial charge in [-0.1, -0.05) is 16.8 Å². The van der Waals surface area contributed by atoms with Gasteiger partial charge in [0, 0.05) is 5.56 Å². The van der Waals surface area contributed by atoms with Gasteiger partial charge in [0.2, 0.25) is 12.7 Å². The van der Waals surface area contributed by atoms with Crippen LogP contribution in [-0.4, -0.2) is 11.9 Å². The third-order valence-corrected chi connectivity index (χ3v) is 3.03. The highest BCUT2D eigenvalue weighted by Gasteiger charge is 2.24. The van der Waals surface area contributed by atoms with E-state index in [9.17, 15) is 0 Å². The highest BCUT2D eigenvalue weighted by atomic mass is 35.5. The molecule has 0 spiro atoms.